The Morgan fingerprint density at radius 1 is 1.47 bits per heavy atom. The minimum absolute atomic E-state index is 0.0926. The summed E-state index contributed by atoms with van der Waals surface area (Å²) >= 11 is 1.65. The highest BCUT2D eigenvalue weighted by molar-refractivity contribution is 7.09. The fourth-order valence-electron chi connectivity index (χ4n) is 1.45. The molecule has 5 heteroatoms. The maximum Gasteiger partial charge on any atom is 0.221 e. The van der Waals surface area contributed by atoms with Gasteiger partial charge in [0.1, 0.15) is 5.01 Å². The van der Waals surface area contributed by atoms with Crippen molar-refractivity contribution < 1.29 is 4.79 Å². The highest BCUT2D eigenvalue weighted by Crippen LogP contribution is 2.16. The van der Waals surface area contributed by atoms with Gasteiger partial charge in [-0.25, -0.2) is 4.98 Å². The molecule has 0 spiro atoms. The molecule has 2 N–H and O–H groups in total. The molecule has 4 nitrogen and oxygen atoms in total. The summed E-state index contributed by atoms with van der Waals surface area (Å²) in [5, 5.41) is 9.29. The Hall–Kier alpha value is -0.940. The highest BCUT2D eigenvalue weighted by atomic mass is 32.1. The SMILES string of the molecule is Cc1csc(C(C)NCCC(=O)NC(C)C)n1. The summed E-state index contributed by atoms with van der Waals surface area (Å²) in [7, 11) is 0. The molecule has 0 fully saturated rings. The van der Waals surface area contributed by atoms with Crippen molar-refractivity contribution in [1.82, 2.24) is 15.6 Å². The summed E-state index contributed by atoms with van der Waals surface area (Å²) in [5.41, 5.74) is 1.05. The molecule has 0 saturated carbocycles. The van der Waals surface area contributed by atoms with Crippen LogP contribution in [0.5, 0.6) is 0 Å². The number of amides is 1. The summed E-state index contributed by atoms with van der Waals surface area (Å²) in [6.45, 7) is 8.67. The van der Waals surface area contributed by atoms with E-state index in [9.17, 15) is 4.79 Å². The van der Waals surface area contributed by atoms with E-state index in [-0.39, 0.29) is 18.0 Å². The van der Waals surface area contributed by atoms with E-state index in [1.807, 2.05) is 26.2 Å². The van der Waals surface area contributed by atoms with Crippen molar-refractivity contribution in [3.05, 3.63) is 16.1 Å². The van der Waals surface area contributed by atoms with Gasteiger partial charge in [-0.05, 0) is 27.7 Å². The number of hydrogen-bond donors (Lipinski definition) is 2. The predicted octanol–water partition coefficient (Wildman–Crippen LogP) is 2.02. The average Bonchev–Trinajstić information content (AvgIpc) is 2.63. The molecule has 0 aliphatic carbocycles. The summed E-state index contributed by atoms with van der Waals surface area (Å²) in [5.74, 6) is 0.0926. The smallest absolute Gasteiger partial charge is 0.221 e. The molecule has 0 saturated heterocycles. The van der Waals surface area contributed by atoms with Crippen LogP contribution in [0.2, 0.25) is 0 Å². The third kappa shape index (κ3) is 5.28. The Morgan fingerprint density at radius 2 is 2.18 bits per heavy atom. The van der Waals surface area contributed by atoms with Crippen molar-refractivity contribution in [2.24, 2.45) is 0 Å². The topological polar surface area (TPSA) is 54.0 Å². The van der Waals surface area contributed by atoms with Gasteiger partial charge >= 0.3 is 0 Å². The van der Waals surface area contributed by atoms with E-state index in [0.29, 0.717) is 13.0 Å². The third-order valence-corrected chi connectivity index (χ3v) is 3.40. The van der Waals surface area contributed by atoms with Crippen LogP contribution in [-0.2, 0) is 4.79 Å². The summed E-state index contributed by atoms with van der Waals surface area (Å²) in [6.07, 6.45) is 0.507. The molecule has 0 aliphatic heterocycles. The van der Waals surface area contributed by atoms with Crippen LogP contribution in [0.3, 0.4) is 0 Å². The standard InChI is InChI=1S/C12H21N3OS/c1-8(2)14-11(16)5-6-13-10(4)12-15-9(3)7-17-12/h7-8,10,13H,5-6H2,1-4H3,(H,14,16). The number of carbonyl (C=O) groups is 1. The number of thiazole rings is 1. The second-order valence-corrected chi connectivity index (χ2v) is 5.36. The van der Waals surface area contributed by atoms with Crippen LogP contribution >= 0.6 is 11.3 Å². The number of nitrogens with one attached hydrogen (secondary N) is 2. The number of rotatable bonds is 6. The lowest BCUT2D eigenvalue weighted by molar-refractivity contribution is -0.121. The maximum atomic E-state index is 11.4. The summed E-state index contributed by atoms with van der Waals surface area (Å²) < 4.78 is 0. The molecule has 17 heavy (non-hydrogen) atoms. The van der Waals surface area contributed by atoms with E-state index in [1.165, 1.54) is 0 Å². The van der Waals surface area contributed by atoms with Crippen molar-refractivity contribution in [1.29, 1.82) is 0 Å². The van der Waals surface area contributed by atoms with E-state index in [2.05, 4.69) is 22.5 Å². The van der Waals surface area contributed by atoms with Crippen LogP contribution in [0.1, 0.15) is 43.9 Å². The lowest BCUT2D eigenvalue weighted by atomic mass is 10.3. The normalized spacial score (nSPS) is 12.8. The van der Waals surface area contributed by atoms with Gasteiger partial charge in [0.25, 0.3) is 0 Å². The first-order valence-corrected chi connectivity index (χ1v) is 6.81. The Labute approximate surface area is 107 Å². The summed E-state index contributed by atoms with van der Waals surface area (Å²) in [4.78, 5) is 15.8. The van der Waals surface area contributed by atoms with Crippen molar-refractivity contribution >= 4 is 17.2 Å². The van der Waals surface area contributed by atoms with Gasteiger partial charge in [-0.15, -0.1) is 11.3 Å². The maximum absolute atomic E-state index is 11.4. The number of carbonyl (C=O) groups excluding carboxylic acids is 1. The Bertz CT molecular complexity index is 362. The first-order valence-electron chi connectivity index (χ1n) is 5.94. The highest BCUT2D eigenvalue weighted by Gasteiger charge is 2.09. The first-order chi connectivity index (χ1) is 7.99. The van der Waals surface area contributed by atoms with Crippen LogP contribution in [-0.4, -0.2) is 23.5 Å². The minimum atomic E-state index is 0.0926. The molecule has 1 atom stereocenters. The fourth-order valence-corrected chi connectivity index (χ4v) is 2.28. The van der Waals surface area contributed by atoms with Crippen LogP contribution in [0.25, 0.3) is 0 Å². The minimum Gasteiger partial charge on any atom is -0.354 e. The molecule has 1 amide bonds. The molecule has 0 aromatic carbocycles. The molecule has 1 aromatic heterocycles. The first kappa shape index (κ1) is 14.1. The van der Waals surface area contributed by atoms with Crippen molar-refractivity contribution in [3.8, 4) is 0 Å². The van der Waals surface area contributed by atoms with Crippen molar-refractivity contribution in [2.75, 3.05) is 6.54 Å². The summed E-state index contributed by atoms with van der Waals surface area (Å²) in [6, 6.07) is 0.419. The van der Waals surface area contributed by atoms with Gasteiger partial charge in [0.2, 0.25) is 5.91 Å². The fraction of sp³-hybridized carbons (Fsp3) is 0.667. The molecular weight excluding hydrogens is 234 g/mol. The molecule has 0 radical (unpaired) electrons. The van der Waals surface area contributed by atoms with Crippen molar-refractivity contribution in [2.45, 2.75) is 46.2 Å². The number of aryl methyl sites for hydroxylation is 1. The van der Waals surface area contributed by atoms with Crippen LogP contribution in [0.4, 0.5) is 0 Å². The van der Waals surface area contributed by atoms with Crippen LogP contribution in [0, 0.1) is 6.92 Å². The van der Waals surface area contributed by atoms with Gasteiger partial charge in [-0.2, -0.15) is 0 Å². The van der Waals surface area contributed by atoms with Crippen LogP contribution < -0.4 is 10.6 Å². The van der Waals surface area contributed by atoms with E-state index >= 15 is 0 Å². The van der Waals surface area contributed by atoms with Crippen molar-refractivity contribution in [3.63, 3.8) is 0 Å². The molecule has 1 unspecified atom stereocenters. The molecule has 1 aromatic rings. The zero-order valence-corrected chi connectivity index (χ0v) is 11.7. The zero-order valence-electron chi connectivity index (χ0n) is 10.9. The van der Waals surface area contributed by atoms with Gasteiger partial charge < -0.3 is 10.6 Å². The molecule has 1 rings (SSSR count). The predicted molar refractivity (Wildman–Crippen MR) is 71.2 cm³/mol. The molecule has 1 heterocycles. The van der Waals surface area contributed by atoms with E-state index in [0.717, 1.165) is 10.7 Å². The molecule has 96 valence electrons. The second kappa shape index (κ2) is 6.71. The Kier molecular flexibility index (Phi) is 5.58. The lowest BCUT2D eigenvalue weighted by Gasteiger charge is -2.12. The number of nitrogens with zero attached hydrogens (tertiary/aromatic N) is 1. The third-order valence-electron chi connectivity index (χ3n) is 2.26. The quantitative estimate of drug-likeness (QED) is 0.817. The van der Waals surface area contributed by atoms with Gasteiger partial charge in [-0.3, -0.25) is 4.79 Å². The molecule has 0 aliphatic rings. The Morgan fingerprint density at radius 3 is 2.71 bits per heavy atom. The lowest BCUT2D eigenvalue weighted by Crippen LogP contribution is -2.33. The van der Waals surface area contributed by atoms with E-state index < -0.39 is 0 Å². The van der Waals surface area contributed by atoms with Gasteiger partial charge in [0.15, 0.2) is 0 Å². The monoisotopic (exact) mass is 255 g/mol. The number of aromatic nitrogens is 1. The van der Waals surface area contributed by atoms with Gasteiger partial charge in [0.05, 0.1) is 6.04 Å². The van der Waals surface area contributed by atoms with E-state index in [4.69, 9.17) is 0 Å². The average molecular weight is 255 g/mol. The largest absolute Gasteiger partial charge is 0.354 e. The van der Waals surface area contributed by atoms with Gasteiger partial charge in [0, 0.05) is 30.1 Å². The molecular formula is C12H21N3OS. The number of hydrogen-bond acceptors (Lipinski definition) is 4. The van der Waals surface area contributed by atoms with Crippen LogP contribution in [0.15, 0.2) is 5.38 Å². The molecule has 0 bridgehead atoms. The van der Waals surface area contributed by atoms with E-state index in [1.54, 1.807) is 11.3 Å². The Balaban J connectivity index is 2.25. The second-order valence-electron chi connectivity index (χ2n) is 4.48. The van der Waals surface area contributed by atoms with Gasteiger partial charge in [-0.1, -0.05) is 0 Å². The zero-order chi connectivity index (χ0) is 12.8.